The van der Waals surface area contributed by atoms with Gasteiger partial charge >= 0.3 is 0 Å². The van der Waals surface area contributed by atoms with E-state index in [4.69, 9.17) is 29.8 Å². The molecule has 0 radical (unpaired) electrons. The number of nitrogens with zero attached hydrogens (tertiary/aromatic N) is 5. The Hall–Kier alpha value is -4.58. The number of benzene rings is 1. The van der Waals surface area contributed by atoms with Crippen molar-refractivity contribution >= 4 is 24.5 Å². The van der Waals surface area contributed by atoms with Crippen molar-refractivity contribution in [3.8, 4) is 22.9 Å². The number of aromatic nitrogens is 2. The number of rotatable bonds is 17. The van der Waals surface area contributed by atoms with Crippen LogP contribution in [0.15, 0.2) is 47.5 Å². The van der Waals surface area contributed by atoms with Crippen LogP contribution in [-0.4, -0.2) is 104 Å². The fraction of sp³-hybridized carbons (Fsp3) is 0.515. The topological polar surface area (TPSA) is 186 Å². The predicted octanol–water partition coefficient (Wildman–Crippen LogP) is 3.52. The predicted molar refractivity (Wildman–Crippen MR) is 181 cm³/mol. The molecule has 0 bridgehead atoms. The van der Waals surface area contributed by atoms with Crippen molar-refractivity contribution < 1.29 is 18.9 Å². The number of morpholine rings is 1. The summed E-state index contributed by atoms with van der Waals surface area (Å²) >= 11 is 0. The quantitative estimate of drug-likeness (QED) is 0.0962. The SMILES string of the molecule is CCOCCOC(=N)/C(=C\N[C@H]1CC[C@H](N2CCOCC2)CC1)Nc1ncc(-c2ccc(C#N)c(O[C@@H](C)CN/C=N\C=N)c2)cn1. The Kier molecular flexibility index (Phi) is 14.4. The van der Waals surface area contributed by atoms with Gasteiger partial charge in [0, 0.05) is 55.9 Å². The lowest BCUT2D eigenvalue weighted by atomic mass is 9.90. The molecule has 1 saturated heterocycles. The van der Waals surface area contributed by atoms with Gasteiger partial charge in [0.25, 0.3) is 0 Å². The molecule has 14 heteroatoms. The molecule has 2 heterocycles. The van der Waals surface area contributed by atoms with Crippen LogP contribution in [0.25, 0.3) is 11.1 Å². The van der Waals surface area contributed by atoms with Crippen LogP contribution in [0.1, 0.15) is 45.1 Å². The number of anilines is 1. The molecule has 0 spiro atoms. The van der Waals surface area contributed by atoms with E-state index >= 15 is 0 Å². The molecule has 1 aromatic heterocycles. The van der Waals surface area contributed by atoms with Gasteiger partial charge in [0.2, 0.25) is 11.8 Å². The van der Waals surface area contributed by atoms with Crippen molar-refractivity contribution in [2.75, 3.05) is 58.0 Å². The third kappa shape index (κ3) is 11.3. The highest BCUT2D eigenvalue weighted by atomic mass is 16.5. The molecule has 1 saturated carbocycles. The fourth-order valence-electron chi connectivity index (χ4n) is 5.46. The number of hydrogen-bond donors (Lipinski definition) is 5. The lowest BCUT2D eigenvalue weighted by Gasteiger charge is -2.38. The number of hydrogen-bond acceptors (Lipinski definition) is 12. The molecule has 2 aromatic rings. The summed E-state index contributed by atoms with van der Waals surface area (Å²) in [5, 5.41) is 34.7. The van der Waals surface area contributed by atoms with Crippen molar-refractivity contribution in [3.63, 3.8) is 0 Å². The second-order valence-electron chi connectivity index (χ2n) is 11.2. The van der Waals surface area contributed by atoms with Crippen LogP contribution in [0.2, 0.25) is 0 Å². The van der Waals surface area contributed by atoms with Crippen molar-refractivity contribution in [2.24, 2.45) is 4.99 Å². The summed E-state index contributed by atoms with van der Waals surface area (Å²) in [7, 11) is 0. The van der Waals surface area contributed by atoms with Gasteiger partial charge in [0.1, 0.15) is 36.6 Å². The first-order chi connectivity index (χ1) is 23.0. The summed E-state index contributed by atoms with van der Waals surface area (Å²) in [6.07, 6.45) is 11.6. The normalized spacial score (nSPS) is 19.4. The van der Waals surface area contributed by atoms with E-state index in [-0.39, 0.29) is 18.6 Å². The molecule has 5 N–H and O–H groups in total. The second-order valence-corrected chi connectivity index (χ2v) is 11.2. The van der Waals surface area contributed by atoms with Crippen molar-refractivity contribution in [2.45, 2.75) is 57.7 Å². The highest BCUT2D eigenvalue weighted by Crippen LogP contribution is 2.28. The van der Waals surface area contributed by atoms with Crippen LogP contribution in [0.3, 0.4) is 0 Å². The maximum atomic E-state index is 9.60. The van der Waals surface area contributed by atoms with Gasteiger partial charge in [-0.2, -0.15) is 5.26 Å². The van der Waals surface area contributed by atoms with Gasteiger partial charge in [-0.1, -0.05) is 6.07 Å². The maximum Gasteiger partial charge on any atom is 0.231 e. The number of aliphatic imine (C=N–C) groups is 1. The Balaban J connectivity index is 1.40. The average Bonchev–Trinajstić information content (AvgIpc) is 3.11. The first kappa shape index (κ1) is 35.3. The molecular formula is C33H46N10O4. The number of nitriles is 1. The molecule has 2 aliphatic rings. The molecule has 14 nitrogen and oxygen atoms in total. The molecule has 252 valence electrons. The first-order valence-corrected chi connectivity index (χ1v) is 16.1. The van der Waals surface area contributed by atoms with Crippen molar-refractivity contribution in [3.05, 3.63) is 48.1 Å². The van der Waals surface area contributed by atoms with Gasteiger partial charge in [-0.25, -0.2) is 15.0 Å². The molecular weight excluding hydrogens is 600 g/mol. The summed E-state index contributed by atoms with van der Waals surface area (Å²) in [6.45, 7) is 9.10. The Labute approximate surface area is 276 Å². The highest BCUT2D eigenvalue weighted by Gasteiger charge is 2.26. The minimum absolute atomic E-state index is 0.0338. The molecule has 1 aliphatic carbocycles. The Morgan fingerprint density at radius 2 is 1.94 bits per heavy atom. The zero-order chi connectivity index (χ0) is 33.3. The average molecular weight is 647 g/mol. The third-order valence-electron chi connectivity index (χ3n) is 7.95. The fourth-order valence-corrected chi connectivity index (χ4v) is 5.46. The van der Waals surface area contributed by atoms with E-state index in [0.717, 1.165) is 69.5 Å². The summed E-state index contributed by atoms with van der Waals surface area (Å²) in [5.41, 5.74) is 2.35. The van der Waals surface area contributed by atoms with Crippen LogP contribution < -0.4 is 20.7 Å². The molecule has 47 heavy (non-hydrogen) atoms. The van der Waals surface area contributed by atoms with E-state index in [0.29, 0.717) is 54.8 Å². The van der Waals surface area contributed by atoms with E-state index in [2.05, 4.69) is 41.9 Å². The second kappa shape index (κ2) is 19.2. The summed E-state index contributed by atoms with van der Waals surface area (Å²) < 4.78 is 22.6. The van der Waals surface area contributed by atoms with E-state index in [1.54, 1.807) is 30.7 Å². The molecule has 4 rings (SSSR count). The lowest BCUT2D eigenvalue weighted by Crippen LogP contribution is -2.46. The Morgan fingerprint density at radius 3 is 2.64 bits per heavy atom. The van der Waals surface area contributed by atoms with Gasteiger partial charge in [-0.15, -0.1) is 0 Å². The molecule has 2 fully saturated rings. The Morgan fingerprint density at radius 1 is 1.17 bits per heavy atom. The summed E-state index contributed by atoms with van der Waals surface area (Å²) in [4.78, 5) is 15.2. The lowest BCUT2D eigenvalue weighted by molar-refractivity contribution is 0.00690. The largest absolute Gasteiger partial charge is 0.487 e. The molecule has 0 amide bonds. The van der Waals surface area contributed by atoms with Gasteiger partial charge < -0.3 is 34.9 Å². The van der Waals surface area contributed by atoms with Gasteiger partial charge in [-0.05, 0) is 57.2 Å². The maximum absolute atomic E-state index is 9.60. The standard InChI is InChI=1S/C33H46N10O4/c1-3-44-14-15-46-32(36)30(21-39-28-6-8-29(9-7-28)43-10-12-45-13-11-43)42-33-40-19-27(20-41-33)25-4-5-26(17-34)31(16-25)47-24(2)18-37-23-38-22-35/h4-5,16,19-24,28-29,36,39H,3,6-15,18H2,1-2H3,(H2,35,37,38)(H,40,41,42)/b30-21+,36-32?/t24-,28-,29-/m0/s1. The molecule has 0 unspecified atom stereocenters. The van der Waals surface area contributed by atoms with Gasteiger partial charge in [0.05, 0.1) is 38.3 Å². The zero-order valence-corrected chi connectivity index (χ0v) is 27.2. The smallest absolute Gasteiger partial charge is 0.231 e. The van der Waals surface area contributed by atoms with Crippen molar-refractivity contribution in [1.82, 2.24) is 25.5 Å². The van der Waals surface area contributed by atoms with Gasteiger partial charge in [-0.3, -0.25) is 15.7 Å². The number of ether oxygens (including phenoxy) is 4. The number of nitrogens with one attached hydrogen (secondary N) is 5. The van der Waals surface area contributed by atoms with Crippen LogP contribution in [0.5, 0.6) is 5.75 Å². The Bertz CT molecular complexity index is 1380. The van der Waals surface area contributed by atoms with Crippen molar-refractivity contribution in [1.29, 1.82) is 16.1 Å². The van der Waals surface area contributed by atoms with E-state index in [9.17, 15) is 5.26 Å². The monoisotopic (exact) mass is 646 g/mol. The van der Waals surface area contributed by atoms with Crippen LogP contribution in [-0.2, 0) is 14.2 Å². The first-order valence-electron chi connectivity index (χ1n) is 16.1. The third-order valence-corrected chi connectivity index (χ3v) is 7.95. The van der Waals surface area contributed by atoms with Crippen LogP contribution in [0, 0.1) is 22.1 Å². The summed E-state index contributed by atoms with van der Waals surface area (Å²) in [5.74, 6) is 0.722. The molecule has 1 atom stereocenters. The minimum Gasteiger partial charge on any atom is -0.487 e. The molecule has 1 aliphatic heterocycles. The highest BCUT2D eigenvalue weighted by molar-refractivity contribution is 5.93. The molecule has 1 aromatic carbocycles. The van der Waals surface area contributed by atoms with E-state index in [1.807, 2.05) is 19.9 Å². The zero-order valence-electron chi connectivity index (χ0n) is 27.2. The van der Waals surface area contributed by atoms with E-state index in [1.165, 1.54) is 6.34 Å². The minimum atomic E-state index is -0.262. The van der Waals surface area contributed by atoms with E-state index < -0.39 is 0 Å². The van der Waals surface area contributed by atoms with Crippen LogP contribution in [0.4, 0.5) is 5.95 Å². The summed E-state index contributed by atoms with van der Waals surface area (Å²) in [6, 6.07) is 8.38. The van der Waals surface area contributed by atoms with Crippen LogP contribution >= 0.6 is 0 Å². The van der Waals surface area contributed by atoms with Gasteiger partial charge in [0.15, 0.2) is 0 Å².